The Balaban J connectivity index is 2.05. The van der Waals surface area contributed by atoms with E-state index in [2.05, 4.69) is 21.0 Å². The number of anilines is 1. The number of aryl methyl sites for hydroxylation is 2. The van der Waals surface area contributed by atoms with Gasteiger partial charge in [-0.05, 0) is 37.4 Å². The van der Waals surface area contributed by atoms with Gasteiger partial charge < -0.3 is 0 Å². The molecule has 24 heavy (non-hydrogen) atoms. The fraction of sp³-hybridized carbons (Fsp3) is 0.167. The number of aromatic nitrogens is 2. The van der Waals surface area contributed by atoms with E-state index in [1.807, 2.05) is 25.1 Å². The maximum absolute atomic E-state index is 13.1. The van der Waals surface area contributed by atoms with Crippen LogP contribution in [-0.2, 0) is 7.05 Å². The number of hydrogen-bond donors (Lipinski definition) is 0. The highest BCUT2D eigenvalue weighted by molar-refractivity contribution is 9.10. The third-order valence-electron chi connectivity index (χ3n) is 4.50. The van der Waals surface area contributed by atoms with Crippen LogP contribution in [0.15, 0.2) is 34.8 Å². The molecule has 2 amide bonds. The van der Waals surface area contributed by atoms with Gasteiger partial charge in [0.25, 0.3) is 11.8 Å². The number of carbonyl (C=O) groups excluding carboxylic acids is 2. The molecule has 6 heteroatoms. The molecule has 0 fully saturated rings. The molecular weight excluding hydrogens is 370 g/mol. The summed E-state index contributed by atoms with van der Waals surface area (Å²) in [6.45, 7) is 3.66. The van der Waals surface area contributed by atoms with Gasteiger partial charge in [0.1, 0.15) is 0 Å². The van der Waals surface area contributed by atoms with E-state index in [4.69, 9.17) is 0 Å². The van der Waals surface area contributed by atoms with Gasteiger partial charge in [-0.25, -0.2) is 4.90 Å². The molecule has 5 nitrogen and oxygen atoms in total. The van der Waals surface area contributed by atoms with Crippen molar-refractivity contribution in [3.05, 3.63) is 57.3 Å². The second-order valence-corrected chi connectivity index (χ2v) is 6.86. The predicted octanol–water partition coefficient (Wildman–Crippen LogP) is 3.75. The molecule has 1 aliphatic rings. The van der Waals surface area contributed by atoms with Crippen molar-refractivity contribution < 1.29 is 9.59 Å². The third-order valence-corrected chi connectivity index (χ3v) is 4.96. The van der Waals surface area contributed by atoms with Crippen molar-refractivity contribution in [2.24, 2.45) is 7.05 Å². The van der Waals surface area contributed by atoms with Crippen LogP contribution in [0.5, 0.6) is 0 Å². The van der Waals surface area contributed by atoms with E-state index in [9.17, 15) is 9.59 Å². The summed E-state index contributed by atoms with van der Waals surface area (Å²) in [5.41, 5.74) is 3.06. The fourth-order valence-corrected chi connectivity index (χ4v) is 3.84. The van der Waals surface area contributed by atoms with Crippen LogP contribution in [0.1, 0.15) is 32.1 Å². The first-order valence-electron chi connectivity index (χ1n) is 7.51. The summed E-state index contributed by atoms with van der Waals surface area (Å²) in [5, 5.41) is 5.93. The van der Waals surface area contributed by atoms with Gasteiger partial charge in [-0.2, -0.15) is 5.10 Å². The molecule has 4 rings (SSSR count). The van der Waals surface area contributed by atoms with Crippen LogP contribution in [0.4, 0.5) is 5.69 Å². The Morgan fingerprint density at radius 3 is 2.42 bits per heavy atom. The van der Waals surface area contributed by atoms with E-state index in [-0.39, 0.29) is 11.8 Å². The Bertz CT molecular complexity index is 1050. The van der Waals surface area contributed by atoms with E-state index in [0.29, 0.717) is 27.9 Å². The number of halogens is 1. The molecule has 2 heterocycles. The van der Waals surface area contributed by atoms with Crippen molar-refractivity contribution in [1.29, 1.82) is 0 Å². The minimum atomic E-state index is -0.316. The minimum Gasteiger partial charge on any atom is -0.270 e. The van der Waals surface area contributed by atoms with Gasteiger partial charge in [0.05, 0.1) is 22.6 Å². The summed E-state index contributed by atoms with van der Waals surface area (Å²) < 4.78 is 2.49. The van der Waals surface area contributed by atoms with E-state index in [1.165, 1.54) is 4.90 Å². The second-order valence-electron chi connectivity index (χ2n) is 5.95. The lowest BCUT2D eigenvalue weighted by Gasteiger charge is -2.27. The average molecular weight is 384 g/mol. The SMILES string of the molecule is Cc1nn(C)c(C)c1N1C(=O)c2cccc3cc(Br)cc(c23)C1=O. The van der Waals surface area contributed by atoms with Crippen LogP contribution in [0.25, 0.3) is 10.8 Å². The first-order chi connectivity index (χ1) is 11.4. The largest absolute Gasteiger partial charge is 0.270 e. The molecule has 120 valence electrons. The zero-order valence-corrected chi connectivity index (χ0v) is 15.0. The number of nitrogens with zero attached hydrogens (tertiary/aromatic N) is 3. The highest BCUT2D eigenvalue weighted by atomic mass is 79.9. The first kappa shape index (κ1) is 15.1. The topological polar surface area (TPSA) is 55.2 Å². The van der Waals surface area contributed by atoms with Gasteiger partial charge in [-0.15, -0.1) is 0 Å². The first-order valence-corrected chi connectivity index (χ1v) is 8.30. The van der Waals surface area contributed by atoms with E-state index in [1.54, 1.807) is 30.8 Å². The summed E-state index contributed by atoms with van der Waals surface area (Å²) in [6, 6.07) is 9.20. The maximum atomic E-state index is 13.1. The van der Waals surface area contributed by atoms with E-state index >= 15 is 0 Å². The molecule has 0 radical (unpaired) electrons. The van der Waals surface area contributed by atoms with Crippen LogP contribution < -0.4 is 4.90 Å². The number of amides is 2. The lowest BCUT2D eigenvalue weighted by Crippen LogP contribution is -2.41. The van der Waals surface area contributed by atoms with Gasteiger partial charge in [-0.1, -0.05) is 28.1 Å². The highest BCUT2D eigenvalue weighted by Gasteiger charge is 2.36. The molecule has 0 atom stereocenters. The Morgan fingerprint density at radius 2 is 1.75 bits per heavy atom. The molecule has 0 spiro atoms. The Kier molecular flexibility index (Phi) is 3.15. The summed E-state index contributed by atoms with van der Waals surface area (Å²) in [7, 11) is 1.80. The molecule has 0 N–H and O–H groups in total. The monoisotopic (exact) mass is 383 g/mol. The standard InChI is InChI=1S/C18H14BrN3O2/c1-9-16(10(2)21(3)20-9)22-17(23)13-6-4-5-11-7-12(19)8-14(15(11)13)18(22)24/h4-8H,1-3H3. The second kappa shape index (κ2) is 5.01. The van der Waals surface area contributed by atoms with Crippen LogP contribution >= 0.6 is 15.9 Å². The Morgan fingerprint density at radius 1 is 1.04 bits per heavy atom. The summed E-state index contributed by atoms with van der Waals surface area (Å²) in [4.78, 5) is 27.4. The van der Waals surface area contributed by atoms with Gasteiger partial charge in [-0.3, -0.25) is 14.3 Å². The van der Waals surface area contributed by atoms with E-state index < -0.39 is 0 Å². The Hall–Kier alpha value is -2.47. The molecule has 1 aliphatic heterocycles. The van der Waals surface area contributed by atoms with Crippen LogP contribution in [-0.4, -0.2) is 21.6 Å². The summed E-state index contributed by atoms with van der Waals surface area (Å²) in [6.07, 6.45) is 0. The number of carbonyl (C=O) groups is 2. The number of benzene rings is 2. The third kappa shape index (κ3) is 1.89. The molecule has 0 aliphatic carbocycles. The van der Waals surface area contributed by atoms with Crippen molar-refractivity contribution in [2.45, 2.75) is 13.8 Å². The number of imide groups is 1. The minimum absolute atomic E-state index is 0.306. The lowest BCUT2D eigenvalue weighted by molar-refractivity contribution is 0.0893. The van der Waals surface area contributed by atoms with Gasteiger partial charge >= 0.3 is 0 Å². The summed E-state index contributed by atoms with van der Waals surface area (Å²) >= 11 is 3.45. The summed E-state index contributed by atoms with van der Waals surface area (Å²) in [5.74, 6) is -0.621. The van der Waals surface area contributed by atoms with Crippen LogP contribution in [0.3, 0.4) is 0 Å². The van der Waals surface area contributed by atoms with Crippen molar-refractivity contribution in [1.82, 2.24) is 9.78 Å². The quantitative estimate of drug-likeness (QED) is 0.601. The smallest absolute Gasteiger partial charge is 0.266 e. The van der Waals surface area contributed by atoms with Gasteiger partial charge in [0.15, 0.2) is 0 Å². The van der Waals surface area contributed by atoms with Gasteiger partial charge in [0, 0.05) is 22.5 Å². The molecule has 0 unspecified atom stereocenters. The van der Waals surface area contributed by atoms with Crippen molar-refractivity contribution in [2.75, 3.05) is 4.90 Å². The van der Waals surface area contributed by atoms with Crippen molar-refractivity contribution in [3.63, 3.8) is 0 Å². The van der Waals surface area contributed by atoms with Crippen LogP contribution in [0.2, 0.25) is 0 Å². The van der Waals surface area contributed by atoms with Crippen molar-refractivity contribution in [3.8, 4) is 0 Å². The number of rotatable bonds is 1. The predicted molar refractivity (Wildman–Crippen MR) is 95.5 cm³/mol. The average Bonchev–Trinajstić information content (AvgIpc) is 2.78. The van der Waals surface area contributed by atoms with Gasteiger partial charge in [0.2, 0.25) is 0 Å². The number of hydrogen-bond acceptors (Lipinski definition) is 3. The fourth-order valence-electron chi connectivity index (χ4n) is 3.36. The van der Waals surface area contributed by atoms with Crippen LogP contribution in [0, 0.1) is 13.8 Å². The van der Waals surface area contributed by atoms with E-state index in [0.717, 1.165) is 15.6 Å². The molecule has 3 aromatic rings. The molecule has 2 aromatic carbocycles. The molecule has 0 bridgehead atoms. The zero-order valence-electron chi connectivity index (χ0n) is 13.4. The maximum Gasteiger partial charge on any atom is 0.266 e. The molecule has 1 aromatic heterocycles. The normalized spacial score (nSPS) is 13.9. The lowest BCUT2D eigenvalue weighted by atomic mass is 9.93. The molecule has 0 saturated heterocycles. The molecular formula is C18H14BrN3O2. The molecule has 0 saturated carbocycles. The highest BCUT2D eigenvalue weighted by Crippen LogP contribution is 2.36. The Labute approximate surface area is 147 Å². The zero-order chi connectivity index (χ0) is 17.2. The van der Waals surface area contributed by atoms with Crippen molar-refractivity contribution >= 4 is 44.2 Å².